The van der Waals surface area contributed by atoms with Gasteiger partial charge in [-0.15, -0.1) is 0 Å². The second-order valence-electron chi connectivity index (χ2n) is 5.92. The van der Waals surface area contributed by atoms with Crippen LogP contribution in [-0.4, -0.2) is 29.5 Å². The van der Waals surface area contributed by atoms with Crippen molar-refractivity contribution >= 4 is 21.4 Å². The molecule has 0 spiro atoms. The van der Waals surface area contributed by atoms with Gasteiger partial charge in [0.05, 0.1) is 22.9 Å². The van der Waals surface area contributed by atoms with E-state index in [2.05, 4.69) is 10.3 Å². The van der Waals surface area contributed by atoms with Crippen LogP contribution in [0, 0.1) is 6.92 Å². The third kappa shape index (κ3) is 2.28. The Labute approximate surface area is 139 Å². The number of hydrogen-bond donors (Lipinski definition) is 1. The molecule has 1 aliphatic rings. The number of imidazole rings is 1. The minimum Gasteiger partial charge on any atom is -0.343 e. The monoisotopic (exact) mass is 341 g/mol. The van der Waals surface area contributed by atoms with Gasteiger partial charge in [0, 0.05) is 6.20 Å². The Morgan fingerprint density at radius 2 is 2.04 bits per heavy atom. The molecule has 0 fully saturated rings. The average molecular weight is 341 g/mol. The number of carbonyl (C=O) groups excluding carboxylic acids is 1. The molecule has 0 saturated carbocycles. The number of pyridine rings is 1. The van der Waals surface area contributed by atoms with Crippen LogP contribution in [0.3, 0.4) is 0 Å². The molecule has 7 heteroatoms. The van der Waals surface area contributed by atoms with Gasteiger partial charge in [-0.1, -0.05) is 24.3 Å². The van der Waals surface area contributed by atoms with Crippen LogP contribution in [0.25, 0.3) is 5.65 Å². The smallest absolute Gasteiger partial charge is 0.270 e. The topological polar surface area (TPSA) is 80.5 Å². The van der Waals surface area contributed by atoms with E-state index in [-0.39, 0.29) is 11.7 Å². The molecule has 0 saturated heterocycles. The summed E-state index contributed by atoms with van der Waals surface area (Å²) >= 11 is 0. The maximum Gasteiger partial charge on any atom is 0.270 e. The van der Waals surface area contributed by atoms with Crippen molar-refractivity contribution in [3.8, 4) is 0 Å². The summed E-state index contributed by atoms with van der Waals surface area (Å²) in [5.74, 6) is -0.460. The number of carbonyl (C=O) groups is 1. The van der Waals surface area contributed by atoms with Crippen molar-refractivity contribution in [3.63, 3.8) is 0 Å². The summed E-state index contributed by atoms with van der Waals surface area (Å²) in [7, 11) is -3.36. The van der Waals surface area contributed by atoms with E-state index >= 15 is 0 Å². The van der Waals surface area contributed by atoms with E-state index in [1.165, 1.54) is 6.20 Å². The fourth-order valence-electron chi connectivity index (χ4n) is 3.06. The first-order valence-electron chi connectivity index (χ1n) is 7.52. The predicted octanol–water partition coefficient (Wildman–Crippen LogP) is 1.90. The molecular weight excluding hydrogens is 326 g/mol. The number of fused-ring (bicyclic) bond motifs is 2. The number of nitrogens with one attached hydrogen (secondary N) is 1. The molecule has 0 bridgehead atoms. The highest BCUT2D eigenvalue weighted by molar-refractivity contribution is 7.91. The van der Waals surface area contributed by atoms with Gasteiger partial charge in [-0.05, 0) is 30.2 Å². The number of benzene rings is 1. The number of sulfone groups is 1. The molecule has 6 nitrogen and oxygen atoms in total. The van der Waals surface area contributed by atoms with Crippen LogP contribution in [0.15, 0.2) is 53.7 Å². The van der Waals surface area contributed by atoms with Crippen molar-refractivity contribution in [1.82, 2.24) is 14.7 Å². The fraction of sp³-hybridized carbons (Fsp3) is 0.176. The number of hydrogen-bond acceptors (Lipinski definition) is 4. The van der Waals surface area contributed by atoms with E-state index in [0.717, 1.165) is 5.56 Å². The predicted molar refractivity (Wildman–Crippen MR) is 88.6 cm³/mol. The van der Waals surface area contributed by atoms with Crippen LogP contribution in [-0.2, 0) is 9.84 Å². The van der Waals surface area contributed by atoms with E-state index < -0.39 is 15.9 Å². The molecule has 0 aliphatic carbocycles. The molecule has 122 valence electrons. The molecule has 1 atom stereocenters. The SMILES string of the molecule is Cc1ccc2ncc(C(=O)N[C@H]3CS(=O)(=O)c4ccccc43)n2c1. The first-order chi connectivity index (χ1) is 11.5. The zero-order valence-corrected chi connectivity index (χ0v) is 13.7. The molecule has 0 radical (unpaired) electrons. The Morgan fingerprint density at radius 1 is 1.25 bits per heavy atom. The maximum absolute atomic E-state index is 12.6. The number of rotatable bonds is 2. The van der Waals surface area contributed by atoms with Gasteiger partial charge in [0.2, 0.25) is 0 Å². The summed E-state index contributed by atoms with van der Waals surface area (Å²) in [6.45, 7) is 1.93. The first-order valence-corrected chi connectivity index (χ1v) is 9.17. The molecular formula is C17H15N3O3S. The summed E-state index contributed by atoms with van der Waals surface area (Å²) in [4.78, 5) is 17.1. The van der Waals surface area contributed by atoms with Crippen molar-refractivity contribution in [2.45, 2.75) is 17.9 Å². The van der Waals surface area contributed by atoms with Gasteiger partial charge in [0.1, 0.15) is 11.3 Å². The lowest BCUT2D eigenvalue weighted by Crippen LogP contribution is -2.30. The minimum absolute atomic E-state index is 0.117. The zero-order valence-electron chi connectivity index (χ0n) is 12.9. The summed E-state index contributed by atoms with van der Waals surface area (Å²) in [5.41, 5.74) is 2.69. The Balaban J connectivity index is 1.69. The summed E-state index contributed by atoms with van der Waals surface area (Å²) < 4.78 is 26.1. The lowest BCUT2D eigenvalue weighted by molar-refractivity contribution is 0.0935. The quantitative estimate of drug-likeness (QED) is 0.772. The molecule has 0 unspecified atom stereocenters. The molecule has 4 rings (SSSR count). The second kappa shape index (κ2) is 5.17. The maximum atomic E-state index is 12.6. The number of amides is 1. The van der Waals surface area contributed by atoms with E-state index in [0.29, 0.717) is 21.8 Å². The van der Waals surface area contributed by atoms with Gasteiger partial charge in [-0.2, -0.15) is 0 Å². The number of nitrogens with zero attached hydrogens (tertiary/aromatic N) is 2. The van der Waals surface area contributed by atoms with Gasteiger partial charge in [-0.25, -0.2) is 13.4 Å². The van der Waals surface area contributed by atoms with Gasteiger partial charge in [0.25, 0.3) is 5.91 Å². The Hall–Kier alpha value is -2.67. The third-order valence-corrected chi connectivity index (χ3v) is 6.02. The van der Waals surface area contributed by atoms with Crippen molar-refractivity contribution in [3.05, 3.63) is 65.6 Å². The first kappa shape index (κ1) is 14.9. The summed E-state index contributed by atoms with van der Waals surface area (Å²) in [6, 6.07) is 9.99. The average Bonchev–Trinajstić information content (AvgIpc) is 3.07. The van der Waals surface area contributed by atoms with Crippen LogP contribution in [0.4, 0.5) is 0 Å². The molecule has 24 heavy (non-hydrogen) atoms. The highest BCUT2D eigenvalue weighted by Gasteiger charge is 2.35. The Morgan fingerprint density at radius 3 is 2.88 bits per heavy atom. The van der Waals surface area contributed by atoms with Crippen LogP contribution >= 0.6 is 0 Å². The van der Waals surface area contributed by atoms with Crippen LogP contribution < -0.4 is 5.32 Å². The minimum atomic E-state index is -3.36. The Kier molecular flexibility index (Phi) is 3.21. The van der Waals surface area contributed by atoms with E-state index in [4.69, 9.17) is 0 Å². The third-order valence-electron chi connectivity index (χ3n) is 4.21. The van der Waals surface area contributed by atoms with Crippen LogP contribution in [0.5, 0.6) is 0 Å². The van der Waals surface area contributed by atoms with Crippen molar-refractivity contribution in [2.24, 2.45) is 0 Å². The zero-order chi connectivity index (χ0) is 16.9. The lowest BCUT2D eigenvalue weighted by atomic mass is 10.1. The van der Waals surface area contributed by atoms with Gasteiger partial charge in [0.15, 0.2) is 9.84 Å². The largest absolute Gasteiger partial charge is 0.343 e. The molecule has 3 heterocycles. The van der Waals surface area contributed by atoms with Crippen molar-refractivity contribution in [1.29, 1.82) is 0 Å². The van der Waals surface area contributed by atoms with Crippen molar-refractivity contribution < 1.29 is 13.2 Å². The summed E-state index contributed by atoms with van der Waals surface area (Å²) in [5, 5.41) is 2.83. The van der Waals surface area contributed by atoms with E-state index in [1.54, 1.807) is 28.7 Å². The molecule has 1 aromatic carbocycles. The van der Waals surface area contributed by atoms with Gasteiger partial charge in [-0.3, -0.25) is 9.20 Å². The van der Waals surface area contributed by atoms with Gasteiger partial charge >= 0.3 is 0 Å². The lowest BCUT2D eigenvalue weighted by Gasteiger charge is -2.12. The molecule has 3 aromatic rings. The van der Waals surface area contributed by atoms with Crippen LogP contribution in [0.2, 0.25) is 0 Å². The highest BCUT2D eigenvalue weighted by Crippen LogP contribution is 2.33. The standard InChI is InChI=1S/C17H15N3O3S/c1-11-6-7-16-18-8-14(20(16)9-11)17(21)19-13-10-24(22,23)15-5-3-2-4-12(13)15/h2-9,13H,10H2,1H3,(H,19,21)/t13-/m0/s1. The fourth-order valence-corrected chi connectivity index (χ4v) is 4.79. The molecule has 1 aliphatic heterocycles. The van der Waals surface area contributed by atoms with Gasteiger partial charge < -0.3 is 5.32 Å². The molecule has 1 amide bonds. The normalized spacial score (nSPS) is 18.5. The molecule has 1 N–H and O–H groups in total. The summed E-state index contributed by atoms with van der Waals surface area (Å²) in [6.07, 6.45) is 3.33. The van der Waals surface area contributed by atoms with E-state index in [1.807, 2.05) is 25.3 Å². The Bertz CT molecular complexity index is 1070. The number of aryl methyl sites for hydroxylation is 1. The van der Waals surface area contributed by atoms with E-state index in [9.17, 15) is 13.2 Å². The molecule has 2 aromatic heterocycles. The van der Waals surface area contributed by atoms with Crippen LogP contribution in [0.1, 0.15) is 27.7 Å². The van der Waals surface area contributed by atoms with Crippen molar-refractivity contribution in [2.75, 3.05) is 5.75 Å². The highest BCUT2D eigenvalue weighted by atomic mass is 32.2. The number of aromatic nitrogens is 2. The second-order valence-corrected chi connectivity index (χ2v) is 7.93.